The third-order valence-corrected chi connectivity index (χ3v) is 11.3. The lowest BCUT2D eigenvalue weighted by Gasteiger charge is -2.26. The zero-order valence-corrected chi connectivity index (χ0v) is 25.7. The molecule has 0 fully saturated rings. The summed E-state index contributed by atoms with van der Waals surface area (Å²) < 4.78 is 75.9. The van der Waals surface area contributed by atoms with Crippen LogP contribution in [0.1, 0.15) is 55.8 Å². The van der Waals surface area contributed by atoms with Crippen molar-refractivity contribution in [3.63, 3.8) is 0 Å². The van der Waals surface area contributed by atoms with Gasteiger partial charge in [-0.05, 0) is 61.2 Å². The summed E-state index contributed by atoms with van der Waals surface area (Å²) >= 11 is 1.61. The monoisotopic (exact) mass is 616 g/mol. The number of halogens is 2. The standard InChI is InChI=1S/C28H36F2O7P2S/c1-5-34-38(32,35-6-2)27(31)24-14-13-23-12-9-22(17-25(23)18-24)20-40-19-21-10-15-26(16-11-21)28(29,30)39(33,36-7-3)37-8-4/h9-18,27,31H,5-8,19-20H2,1-4H3. The van der Waals surface area contributed by atoms with E-state index in [2.05, 4.69) is 0 Å². The van der Waals surface area contributed by atoms with Crippen LogP contribution in [-0.2, 0) is 44.4 Å². The normalized spacial score (nSPS) is 13.6. The molecule has 0 radical (unpaired) electrons. The zero-order chi connectivity index (χ0) is 29.4. The SMILES string of the molecule is CCOP(=O)(OCC)C(O)c1ccc2ccc(CSCc3ccc(C(F)(F)P(=O)(OCC)OCC)cc3)cc2c1. The summed E-state index contributed by atoms with van der Waals surface area (Å²) in [4.78, 5) is 0. The van der Waals surface area contributed by atoms with E-state index in [4.69, 9.17) is 18.1 Å². The Hall–Kier alpha value is -1.61. The van der Waals surface area contributed by atoms with E-state index in [-0.39, 0.29) is 26.4 Å². The van der Waals surface area contributed by atoms with Crippen LogP contribution in [-0.4, -0.2) is 31.5 Å². The van der Waals surface area contributed by atoms with Gasteiger partial charge in [0.25, 0.3) is 0 Å². The largest absolute Gasteiger partial charge is 0.404 e. The summed E-state index contributed by atoms with van der Waals surface area (Å²) in [5.74, 6) is -0.175. The fourth-order valence-electron chi connectivity index (χ4n) is 4.07. The number of hydrogen-bond donors (Lipinski definition) is 1. The molecule has 3 rings (SSSR count). The Bertz CT molecular complexity index is 1330. The molecule has 1 N–H and O–H groups in total. The minimum Gasteiger partial charge on any atom is -0.376 e. The Morgan fingerprint density at radius 1 is 0.750 bits per heavy atom. The summed E-state index contributed by atoms with van der Waals surface area (Å²) in [5.41, 5.74) is -1.88. The first-order chi connectivity index (χ1) is 19.0. The summed E-state index contributed by atoms with van der Waals surface area (Å²) in [7, 11) is -8.38. The van der Waals surface area contributed by atoms with Crippen LogP contribution in [0.5, 0.6) is 0 Å². The lowest BCUT2D eigenvalue weighted by atomic mass is 10.1. The molecule has 0 aliphatic heterocycles. The second-order valence-electron chi connectivity index (χ2n) is 8.75. The first-order valence-electron chi connectivity index (χ1n) is 13.1. The first kappa shape index (κ1) is 32.9. The van der Waals surface area contributed by atoms with Crippen LogP contribution in [0, 0.1) is 0 Å². The van der Waals surface area contributed by atoms with Crippen molar-refractivity contribution in [2.75, 3.05) is 26.4 Å². The summed E-state index contributed by atoms with van der Waals surface area (Å²) in [5, 5.41) is 12.6. The average molecular weight is 617 g/mol. The topological polar surface area (TPSA) is 91.3 Å². The molecule has 0 aromatic heterocycles. The molecule has 0 aliphatic carbocycles. The first-order valence-corrected chi connectivity index (χ1v) is 17.4. The molecule has 0 amide bonds. The van der Waals surface area contributed by atoms with Crippen molar-refractivity contribution in [2.24, 2.45) is 0 Å². The molecule has 1 unspecified atom stereocenters. The second-order valence-corrected chi connectivity index (χ2v) is 13.9. The number of alkyl halides is 2. The van der Waals surface area contributed by atoms with E-state index < -0.39 is 32.3 Å². The van der Waals surface area contributed by atoms with Gasteiger partial charge in [0.15, 0.2) is 5.85 Å². The van der Waals surface area contributed by atoms with Gasteiger partial charge in [-0.25, -0.2) is 0 Å². The second kappa shape index (κ2) is 14.5. The zero-order valence-electron chi connectivity index (χ0n) is 23.0. The Balaban J connectivity index is 1.69. The maximum Gasteiger partial charge on any atom is 0.404 e. The molecular formula is C28H36F2O7P2S. The van der Waals surface area contributed by atoms with Gasteiger partial charge >= 0.3 is 20.9 Å². The number of fused-ring (bicyclic) bond motifs is 1. The Labute approximate surface area is 238 Å². The van der Waals surface area contributed by atoms with Gasteiger partial charge < -0.3 is 23.2 Å². The molecule has 220 valence electrons. The van der Waals surface area contributed by atoms with Gasteiger partial charge in [0.1, 0.15) is 0 Å². The van der Waals surface area contributed by atoms with Crippen molar-refractivity contribution in [3.8, 4) is 0 Å². The maximum absolute atomic E-state index is 15.0. The number of rotatable bonds is 16. The van der Waals surface area contributed by atoms with Gasteiger partial charge in [0, 0.05) is 17.1 Å². The lowest BCUT2D eigenvalue weighted by Crippen LogP contribution is -2.18. The number of thioether (sulfide) groups is 1. The van der Waals surface area contributed by atoms with Gasteiger partial charge in [-0.2, -0.15) is 20.5 Å². The number of aliphatic hydroxyl groups excluding tert-OH is 1. The molecule has 1 atom stereocenters. The van der Waals surface area contributed by atoms with Crippen molar-refractivity contribution in [2.45, 2.75) is 50.7 Å². The van der Waals surface area contributed by atoms with Crippen LogP contribution in [0.15, 0.2) is 60.7 Å². The molecule has 0 spiro atoms. The maximum atomic E-state index is 15.0. The summed E-state index contributed by atoms with van der Waals surface area (Å²) in [6.45, 7) is 6.35. The molecule has 0 bridgehead atoms. The van der Waals surface area contributed by atoms with Crippen LogP contribution in [0.2, 0.25) is 0 Å². The van der Waals surface area contributed by atoms with Crippen LogP contribution in [0.25, 0.3) is 10.8 Å². The van der Waals surface area contributed by atoms with E-state index in [1.165, 1.54) is 26.0 Å². The molecule has 12 heteroatoms. The smallest absolute Gasteiger partial charge is 0.376 e. The van der Waals surface area contributed by atoms with Crippen molar-refractivity contribution in [1.82, 2.24) is 0 Å². The van der Waals surface area contributed by atoms with E-state index in [0.29, 0.717) is 17.1 Å². The van der Waals surface area contributed by atoms with Gasteiger partial charge in [-0.15, -0.1) is 0 Å². The summed E-state index contributed by atoms with van der Waals surface area (Å²) in [6.07, 6.45) is 0. The third-order valence-electron chi connectivity index (χ3n) is 5.93. The predicted octanol–water partition coefficient (Wildman–Crippen LogP) is 8.85. The fourth-order valence-corrected chi connectivity index (χ4v) is 8.16. The third kappa shape index (κ3) is 7.61. The molecule has 3 aromatic rings. The van der Waals surface area contributed by atoms with Crippen molar-refractivity contribution in [3.05, 3.63) is 82.9 Å². The van der Waals surface area contributed by atoms with Crippen molar-refractivity contribution >= 4 is 37.7 Å². The molecular weight excluding hydrogens is 580 g/mol. The summed E-state index contributed by atoms with van der Waals surface area (Å²) in [6, 6.07) is 17.0. The molecule has 0 aliphatic rings. The number of aliphatic hydroxyl groups is 1. The molecule has 40 heavy (non-hydrogen) atoms. The molecule has 0 saturated carbocycles. The Morgan fingerprint density at radius 2 is 1.27 bits per heavy atom. The van der Waals surface area contributed by atoms with Gasteiger partial charge in [-0.1, -0.05) is 54.6 Å². The van der Waals surface area contributed by atoms with Crippen LogP contribution in [0.4, 0.5) is 8.78 Å². The fraction of sp³-hybridized carbons (Fsp3) is 0.429. The Kier molecular flexibility index (Phi) is 11.9. The van der Waals surface area contributed by atoms with E-state index in [9.17, 15) is 23.0 Å². The highest BCUT2D eigenvalue weighted by Gasteiger charge is 2.54. The number of benzene rings is 3. The van der Waals surface area contributed by atoms with Gasteiger partial charge in [0.2, 0.25) is 0 Å². The molecule has 0 heterocycles. The van der Waals surface area contributed by atoms with Gasteiger partial charge in [-0.3, -0.25) is 9.13 Å². The van der Waals surface area contributed by atoms with Crippen LogP contribution >= 0.6 is 27.0 Å². The van der Waals surface area contributed by atoms with E-state index in [1.54, 1.807) is 49.9 Å². The van der Waals surface area contributed by atoms with E-state index in [1.807, 2.05) is 24.3 Å². The van der Waals surface area contributed by atoms with E-state index >= 15 is 0 Å². The van der Waals surface area contributed by atoms with Crippen LogP contribution in [0.3, 0.4) is 0 Å². The minimum atomic E-state index is -4.65. The van der Waals surface area contributed by atoms with Crippen molar-refractivity contribution < 1.29 is 41.1 Å². The molecule has 7 nitrogen and oxygen atoms in total. The highest BCUT2D eigenvalue weighted by molar-refractivity contribution is 7.97. The predicted molar refractivity (Wildman–Crippen MR) is 156 cm³/mol. The molecule has 0 saturated heterocycles. The Morgan fingerprint density at radius 3 is 1.85 bits per heavy atom. The average Bonchev–Trinajstić information content (AvgIpc) is 2.93. The van der Waals surface area contributed by atoms with E-state index in [0.717, 1.165) is 21.9 Å². The van der Waals surface area contributed by atoms with Gasteiger partial charge in [0.05, 0.1) is 26.4 Å². The van der Waals surface area contributed by atoms with Crippen molar-refractivity contribution in [1.29, 1.82) is 0 Å². The minimum absolute atomic E-state index is 0.149. The highest BCUT2D eigenvalue weighted by atomic mass is 32.2. The van der Waals surface area contributed by atoms with Crippen LogP contribution < -0.4 is 0 Å². The quantitative estimate of drug-likeness (QED) is 0.160. The lowest BCUT2D eigenvalue weighted by molar-refractivity contribution is 0.0360. The highest BCUT2D eigenvalue weighted by Crippen LogP contribution is 2.66. The number of hydrogen-bond acceptors (Lipinski definition) is 8. The molecule has 3 aromatic carbocycles.